The molecule has 0 spiro atoms. The molecule has 0 radical (unpaired) electrons. The van der Waals surface area contributed by atoms with Gasteiger partial charge in [-0.2, -0.15) is 0 Å². The van der Waals surface area contributed by atoms with Crippen molar-refractivity contribution >= 4 is 11.6 Å². The highest BCUT2D eigenvalue weighted by Gasteiger charge is 2.20. The fourth-order valence-electron chi connectivity index (χ4n) is 1.99. The molecule has 0 amide bonds. The summed E-state index contributed by atoms with van der Waals surface area (Å²) in [5.74, 6) is -0.392. The van der Waals surface area contributed by atoms with Crippen LogP contribution in [0.15, 0.2) is 36.4 Å². The lowest BCUT2D eigenvalue weighted by Gasteiger charge is -2.09. The zero-order valence-electron chi connectivity index (χ0n) is 11.5. The van der Waals surface area contributed by atoms with Gasteiger partial charge in [0.25, 0.3) is 0 Å². The van der Waals surface area contributed by atoms with Crippen molar-refractivity contribution in [2.24, 2.45) is 0 Å². The minimum atomic E-state index is -0.536. The fraction of sp³-hybridized carbons (Fsp3) is 0.312. The molecule has 0 unspecified atom stereocenters. The summed E-state index contributed by atoms with van der Waals surface area (Å²) in [6.07, 6.45) is 2.49. The summed E-state index contributed by atoms with van der Waals surface area (Å²) in [5.41, 5.74) is 1.74. The molecule has 0 saturated heterocycles. The molecule has 0 atom stereocenters. The van der Waals surface area contributed by atoms with E-state index in [2.05, 4.69) is 10.3 Å². The smallest absolute Gasteiger partial charge is 0.183 e. The quantitative estimate of drug-likeness (QED) is 0.883. The van der Waals surface area contributed by atoms with Gasteiger partial charge in [0.2, 0.25) is 0 Å². The van der Waals surface area contributed by atoms with E-state index in [1.165, 1.54) is 18.9 Å². The molecule has 1 saturated carbocycles. The molecule has 0 bridgehead atoms. The van der Waals surface area contributed by atoms with Gasteiger partial charge in [0.05, 0.1) is 16.4 Å². The third-order valence-electron chi connectivity index (χ3n) is 3.31. The van der Waals surface area contributed by atoms with Gasteiger partial charge in [0.1, 0.15) is 6.61 Å². The molecule has 1 aliphatic carbocycles. The first-order valence-electron chi connectivity index (χ1n) is 6.97. The first-order chi connectivity index (χ1) is 10.2. The molecule has 3 nitrogen and oxygen atoms in total. The maximum atomic E-state index is 13.7. The largest absolute Gasteiger partial charge is 0.484 e. The molecule has 1 aliphatic rings. The molecule has 21 heavy (non-hydrogen) atoms. The minimum absolute atomic E-state index is 0.0582. The van der Waals surface area contributed by atoms with Gasteiger partial charge >= 0.3 is 0 Å². The molecule has 1 fully saturated rings. The van der Waals surface area contributed by atoms with Gasteiger partial charge in [0.15, 0.2) is 11.6 Å². The second kappa shape index (κ2) is 6.41. The average Bonchev–Trinajstić information content (AvgIpc) is 3.31. The predicted molar refractivity (Wildman–Crippen MR) is 79.8 cm³/mol. The van der Waals surface area contributed by atoms with Crippen LogP contribution in [0.1, 0.15) is 24.2 Å². The first-order valence-corrected chi connectivity index (χ1v) is 7.35. The highest BCUT2D eigenvalue weighted by Crippen LogP contribution is 2.24. The number of hydrogen-bond acceptors (Lipinski definition) is 3. The summed E-state index contributed by atoms with van der Waals surface area (Å²) in [6, 6.07) is 11.1. The monoisotopic (exact) mass is 306 g/mol. The Labute approximate surface area is 128 Å². The number of ether oxygens (including phenoxy) is 1. The first kappa shape index (κ1) is 14.3. The van der Waals surface area contributed by atoms with Crippen molar-refractivity contribution in [3.63, 3.8) is 0 Å². The van der Waals surface area contributed by atoms with Crippen molar-refractivity contribution in [1.82, 2.24) is 10.3 Å². The van der Waals surface area contributed by atoms with Crippen molar-refractivity contribution < 1.29 is 9.13 Å². The van der Waals surface area contributed by atoms with Crippen LogP contribution in [0.4, 0.5) is 4.39 Å². The normalized spacial score (nSPS) is 14.2. The third-order valence-corrected chi connectivity index (χ3v) is 3.60. The molecule has 0 aliphatic heterocycles. The Morgan fingerprint density at radius 2 is 1.95 bits per heavy atom. The predicted octanol–water partition coefficient (Wildman–Crippen LogP) is 3.71. The van der Waals surface area contributed by atoms with Gasteiger partial charge in [-0.3, -0.25) is 4.98 Å². The lowest BCUT2D eigenvalue weighted by molar-refractivity contribution is 0.285. The Bertz CT molecular complexity index is 631. The van der Waals surface area contributed by atoms with Crippen LogP contribution in [-0.4, -0.2) is 11.0 Å². The second-order valence-corrected chi connectivity index (χ2v) is 5.52. The third kappa shape index (κ3) is 3.93. The molecule has 1 aromatic heterocycles. The lowest BCUT2D eigenvalue weighted by Crippen LogP contribution is -2.16. The molecule has 1 heterocycles. The van der Waals surface area contributed by atoms with E-state index in [4.69, 9.17) is 16.3 Å². The van der Waals surface area contributed by atoms with E-state index in [-0.39, 0.29) is 17.4 Å². The van der Waals surface area contributed by atoms with E-state index < -0.39 is 5.82 Å². The van der Waals surface area contributed by atoms with E-state index in [1.807, 2.05) is 18.2 Å². The van der Waals surface area contributed by atoms with E-state index >= 15 is 0 Å². The van der Waals surface area contributed by atoms with Crippen LogP contribution in [0.25, 0.3) is 0 Å². The van der Waals surface area contributed by atoms with E-state index in [0.717, 1.165) is 17.9 Å². The summed E-state index contributed by atoms with van der Waals surface area (Å²) in [7, 11) is 0. The van der Waals surface area contributed by atoms with Gasteiger partial charge in [0, 0.05) is 12.6 Å². The van der Waals surface area contributed by atoms with Gasteiger partial charge in [-0.15, -0.1) is 0 Å². The maximum absolute atomic E-state index is 13.7. The molecular weight excluding hydrogens is 291 g/mol. The van der Waals surface area contributed by atoms with Crippen molar-refractivity contribution in [3.05, 3.63) is 58.6 Å². The zero-order chi connectivity index (χ0) is 14.7. The van der Waals surface area contributed by atoms with Crippen molar-refractivity contribution in [2.45, 2.75) is 32.0 Å². The summed E-state index contributed by atoms with van der Waals surface area (Å²) >= 11 is 5.72. The number of nitrogens with one attached hydrogen (secondary N) is 1. The fourth-order valence-corrected chi connectivity index (χ4v) is 2.16. The molecule has 5 heteroatoms. The van der Waals surface area contributed by atoms with Crippen LogP contribution in [0.5, 0.6) is 5.75 Å². The van der Waals surface area contributed by atoms with Crippen LogP contribution in [0, 0.1) is 5.82 Å². The van der Waals surface area contributed by atoms with E-state index in [0.29, 0.717) is 6.04 Å². The molecule has 2 aromatic rings. The summed E-state index contributed by atoms with van der Waals surface area (Å²) in [6.45, 7) is 0.971. The molecule has 1 aromatic carbocycles. The highest BCUT2D eigenvalue weighted by molar-refractivity contribution is 6.30. The van der Waals surface area contributed by atoms with Crippen molar-refractivity contribution in [3.8, 4) is 5.75 Å². The molecule has 110 valence electrons. The van der Waals surface area contributed by atoms with Crippen LogP contribution >= 0.6 is 11.6 Å². The highest BCUT2D eigenvalue weighted by atomic mass is 35.5. The minimum Gasteiger partial charge on any atom is -0.484 e. The topological polar surface area (TPSA) is 34.1 Å². The number of pyridine rings is 1. The number of halogens is 2. The number of aromatic nitrogens is 1. The second-order valence-electron chi connectivity index (χ2n) is 5.12. The van der Waals surface area contributed by atoms with Crippen molar-refractivity contribution in [1.29, 1.82) is 0 Å². The Hall–Kier alpha value is -1.65. The summed E-state index contributed by atoms with van der Waals surface area (Å²) in [4.78, 5) is 4.50. The lowest BCUT2D eigenvalue weighted by atomic mass is 10.3. The maximum Gasteiger partial charge on any atom is 0.183 e. The zero-order valence-corrected chi connectivity index (χ0v) is 12.2. The molecule has 3 rings (SSSR count). The van der Waals surface area contributed by atoms with Gasteiger partial charge in [-0.05, 0) is 37.1 Å². The standard InChI is InChI=1S/C16H16ClFN2O/c17-14-5-2-6-15(16(14)18)21-10-13-4-1-3-12(20-13)9-19-11-7-8-11/h1-6,11,19H,7-10H2. The van der Waals surface area contributed by atoms with Crippen LogP contribution in [-0.2, 0) is 13.2 Å². The van der Waals surface area contributed by atoms with Crippen molar-refractivity contribution in [2.75, 3.05) is 0 Å². The molecular formula is C16H16ClFN2O. The van der Waals surface area contributed by atoms with E-state index in [9.17, 15) is 4.39 Å². The van der Waals surface area contributed by atoms with Gasteiger partial charge in [-0.25, -0.2) is 4.39 Å². The van der Waals surface area contributed by atoms with Crippen LogP contribution in [0.2, 0.25) is 5.02 Å². The van der Waals surface area contributed by atoms with Gasteiger partial charge < -0.3 is 10.1 Å². The Kier molecular flexibility index (Phi) is 4.36. The number of benzene rings is 1. The Morgan fingerprint density at radius 1 is 1.19 bits per heavy atom. The average molecular weight is 307 g/mol. The Balaban J connectivity index is 1.61. The van der Waals surface area contributed by atoms with E-state index in [1.54, 1.807) is 12.1 Å². The molecule has 1 N–H and O–H groups in total. The number of rotatable bonds is 6. The SMILES string of the molecule is Fc1c(Cl)cccc1OCc1cccc(CNC2CC2)n1. The summed E-state index contributed by atoms with van der Waals surface area (Å²) < 4.78 is 19.2. The summed E-state index contributed by atoms with van der Waals surface area (Å²) in [5, 5.41) is 3.47. The number of hydrogen-bond donors (Lipinski definition) is 1. The van der Waals surface area contributed by atoms with Crippen LogP contribution in [0.3, 0.4) is 0 Å². The Morgan fingerprint density at radius 3 is 2.76 bits per heavy atom. The van der Waals surface area contributed by atoms with Gasteiger partial charge in [-0.1, -0.05) is 23.7 Å². The van der Waals surface area contributed by atoms with Crippen LogP contribution < -0.4 is 10.1 Å². The number of nitrogens with zero attached hydrogens (tertiary/aromatic N) is 1.